The van der Waals surface area contributed by atoms with Crippen LogP contribution >= 0.6 is 11.6 Å². The molecule has 5 heteroatoms. The summed E-state index contributed by atoms with van der Waals surface area (Å²) in [5.74, 6) is 1.88. The average Bonchev–Trinajstić information content (AvgIpc) is 2.34. The summed E-state index contributed by atoms with van der Waals surface area (Å²) in [6, 6.07) is 1.73. The molecule has 0 bridgehead atoms. The molecule has 1 N–H and O–H groups in total. The number of methoxy groups -OCH3 is 1. The predicted octanol–water partition coefficient (Wildman–Crippen LogP) is 2.94. The third-order valence-corrected chi connectivity index (χ3v) is 2.82. The van der Waals surface area contributed by atoms with Crippen LogP contribution < -0.4 is 10.1 Å². The number of aromatic nitrogens is 2. The molecule has 0 fully saturated rings. The highest BCUT2D eigenvalue weighted by Crippen LogP contribution is 2.22. The maximum absolute atomic E-state index is 5.70. The Morgan fingerprint density at radius 2 is 2.24 bits per heavy atom. The number of hydrogen-bond acceptors (Lipinski definition) is 4. The highest BCUT2D eigenvalue weighted by molar-refractivity contribution is 6.17. The third-order valence-electron chi connectivity index (χ3n) is 2.55. The zero-order valence-corrected chi connectivity index (χ0v) is 11.4. The van der Waals surface area contributed by atoms with Gasteiger partial charge in [0, 0.05) is 24.7 Å². The van der Waals surface area contributed by atoms with E-state index in [0.29, 0.717) is 17.7 Å². The van der Waals surface area contributed by atoms with Gasteiger partial charge in [0.15, 0.2) is 0 Å². The smallest absolute Gasteiger partial charge is 0.225 e. The fourth-order valence-electron chi connectivity index (χ4n) is 1.49. The van der Waals surface area contributed by atoms with Crippen LogP contribution in [0.1, 0.15) is 26.7 Å². The molecule has 1 heterocycles. The van der Waals surface area contributed by atoms with Crippen molar-refractivity contribution in [1.82, 2.24) is 9.97 Å². The van der Waals surface area contributed by atoms with Gasteiger partial charge in [-0.3, -0.25) is 0 Å². The Morgan fingerprint density at radius 3 is 2.88 bits per heavy atom. The number of rotatable bonds is 7. The third kappa shape index (κ3) is 5.22. The highest BCUT2D eigenvalue weighted by atomic mass is 35.5. The Morgan fingerprint density at radius 1 is 1.47 bits per heavy atom. The van der Waals surface area contributed by atoms with Crippen molar-refractivity contribution in [3.63, 3.8) is 0 Å². The molecule has 0 aliphatic carbocycles. The lowest BCUT2D eigenvalue weighted by atomic mass is 9.88. The Kier molecular flexibility index (Phi) is 5.48. The van der Waals surface area contributed by atoms with Crippen molar-refractivity contribution < 1.29 is 4.74 Å². The van der Waals surface area contributed by atoms with Crippen molar-refractivity contribution in [2.75, 3.05) is 24.9 Å². The van der Waals surface area contributed by atoms with E-state index in [-0.39, 0.29) is 5.41 Å². The van der Waals surface area contributed by atoms with E-state index in [1.165, 1.54) is 0 Å². The molecule has 0 aliphatic rings. The van der Waals surface area contributed by atoms with E-state index in [0.717, 1.165) is 19.4 Å². The lowest BCUT2D eigenvalue weighted by molar-refractivity contribution is 0.354. The van der Waals surface area contributed by atoms with Gasteiger partial charge in [-0.25, -0.2) is 4.98 Å². The van der Waals surface area contributed by atoms with Crippen molar-refractivity contribution in [2.24, 2.45) is 5.41 Å². The number of anilines is 1. The van der Waals surface area contributed by atoms with E-state index in [2.05, 4.69) is 29.1 Å². The second kappa shape index (κ2) is 6.64. The maximum Gasteiger partial charge on any atom is 0.225 e. The lowest BCUT2D eigenvalue weighted by Crippen LogP contribution is -2.24. The molecular weight excluding hydrogens is 238 g/mol. The minimum atomic E-state index is 0.182. The standard InChI is InChI=1S/C12H20ClN3O/c1-12(2,6-4-7-13)9-15-11-14-8-5-10(16-11)17-3/h5,8H,4,6-7,9H2,1-3H3,(H,14,15,16). The number of halogens is 1. The number of alkyl halides is 1. The highest BCUT2D eigenvalue weighted by Gasteiger charge is 2.17. The van der Waals surface area contributed by atoms with Crippen LogP contribution in [0.5, 0.6) is 5.88 Å². The summed E-state index contributed by atoms with van der Waals surface area (Å²) >= 11 is 5.70. The molecule has 0 unspecified atom stereocenters. The molecule has 96 valence electrons. The first-order valence-electron chi connectivity index (χ1n) is 5.74. The van der Waals surface area contributed by atoms with Gasteiger partial charge in [0.25, 0.3) is 0 Å². The van der Waals surface area contributed by atoms with Crippen molar-refractivity contribution in [3.05, 3.63) is 12.3 Å². The molecule has 0 atom stereocenters. The summed E-state index contributed by atoms with van der Waals surface area (Å²) in [4.78, 5) is 8.35. The van der Waals surface area contributed by atoms with Crippen molar-refractivity contribution in [1.29, 1.82) is 0 Å². The lowest BCUT2D eigenvalue weighted by Gasteiger charge is -2.24. The number of ether oxygens (including phenoxy) is 1. The van der Waals surface area contributed by atoms with Crippen LogP contribution in [0.3, 0.4) is 0 Å². The second-order valence-corrected chi connectivity index (χ2v) is 5.11. The van der Waals surface area contributed by atoms with Gasteiger partial charge in [-0.15, -0.1) is 11.6 Å². The number of nitrogens with zero attached hydrogens (tertiary/aromatic N) is 2. The largest absolute Gasteiger partial charge is 0.481 e. The molecule has 1 rings (SSSR count). The summed E-state index contributed by atoms with van der Waals surface area (Å²) < 4.78 is 5.04. The van der Waals surface area contributed by atoms with E-state index >= 15 is 0 Å². The van der Waals surface area contributed by atoms with Crippen molar-refractivity contribution in [2.45, 2.75) is 26.7 Å². The van der Waals surface area contributed by atoms with E-state index < -0.39 is 0 Å². The van der Waals surface area contributed by atoms with Crippen molar-refractivity contribution >= 4 is 17.5 Å². The Hall–Kier alpha value is -1.03. The Balaban J connectivity index is 2.48. The normalized spacial score (nSPS) is 11.3. The Bertz CT molecular complexity index is 344. The van der Waals surface area contributed by atoms with Gasteiger partial charge in [-0.2, -0.15) is 4.98 Å². The van der Waals surface area contributed by atoms with Crippen LogP contribution in [0.15, 0.2) is 12.3 Å². The van der Waals surface area contributed by atoms with Crippen LogP contribution in [-0.2, 0) is 0 Å². The fourth-order valence-corrected chi connectivity index (χ4v) is 1.63. The first-order valence-corrected chi connectivity index (χ1v) is 6.28. The van der Waals surface area contributed by atoms with Gasteiger partial charge < -0.3 is 10.1 Å². The molecule has 17 heavy (non-hydrogen) atoms. The van der Waals surface area contributed by atoms with Crippen LogP contribution in [-0.4, -0.2) is 29.5 Å². The van der Waals surface area contributed by atoms with Gasteiger partial charge in [0.1, 0.15) is 0 Å². The van der Waals surface area contributed by atoms with Gasteiger partial charge in [-0.1, -0.05) is 13.8 Å². The molecule has 1 aromatic rings. The summed E-state index contributed by atoms with van der Waals surface area (Å²) in [6.45, 7) is 5.22. The first kappa shape index (κ1) is 14.0. The SMILES string of the molecule is COc1ccnc(NCC(C)(C)CCCCl)n1. The summed E-state index contributed by atoms with van der Waals surface area (Å²) in [5.41, 5.74) is 0.182. The Labute approximate surface area is 108 Å². The summed E-state index contributed by atoms with van der Waals surface area (Å²) in [7, 11) is 1.59. The molecule has 0 saturated heterocycles. The molecule has 0 saturated carbocycles. The topological polar surface area (TPSA) is 47.0 Å². The molecule has 4 nitrogen and oxygen atoms in total. The molecule has 1 aromatic heterocycles. The molecule has 0 spiro atoms. The molecular formula is C12H20ClN3O. The van der Waals surface area contributed by atoms with Crippen molar-refractivity contribution in [3.8, 4) is 5.88 Å². The fraction of sp³-hybridized carbons (Fsp3) is 0.667. The summed E-state index contributed by atoms with van der Waals surface area (Å²) in [6.07, 6.45) is 3.78. The van der Waals surface area contributed by atoms with Gasteiger partial charge in [0.2, 0.25) is 11.8 Å². The van der Waals surface area contributed by atoms with Gasteiger partial charge >= 0.3 is 0 Å². The van der Waals surface area contributed by atoms with Crippen LogP contribution in [0.2, 0.25) is 0 Å². The molecule has 0 aromatic carbocycles. The zero-order valence-electron chi connectivity index (χ0n) is 10.7. The molecule has 0 aliphatic heterocycles. The van der Waals surface area contributed by atoms with Gasteiger partial charge in [-0.05, 0) is 18.3 Å². The van der Waals surface area contributed by atoms with Crippen LogP contribution in [0.4, 0.5) is 5.95 Å². The van der Waals surface area contributed by atoms with Crippen LogP contribution in [0, 0.1) is 5.41 Å². The van der Waals surface area contributed by atoms with E-state index in [9.17, 15) is 0 Å². The number of hydrogen-bond donors (Lipinski definition) is 1. The minimum Gasteiger partial charge on any atom is -0.481 e. The average molecular weight is 258 g/mol. The minimum absolute atomic E-state index is 0.182. The number of nitrogens with one attached hydrogen (secondary N) is 1. The maximum atomic E-state index is 5.70. The van der Waals surface area contributed by atoms with E-state index in [1.54, 1.807) is 19.4 Å². The summed E-state index contributed by atoms with van der Waals surface area (Å²) in [5, 5.41) is 3.22. The predicted molar refractivity (Wildman–Crippen MR) is 70.8 cm³/mol. The quantitative estimate of drug-likeness (QED) is 0.763. The van der Waals surface area contributed by atoms with Crippen LogP contribution in [0.25, 0.3) is 0 Å². The van der Waals surface area contributed by atoms with E-state index in [4.69, 9.17) is 16.3 Å². The zero-order chi connectivity index (χ0) is 12.7. The van der Waals surface area contributed by atoms with Gasteiger partial charge in [0.05, 0.1) is 7.11 Å². The van der Waals surface area contributed by atoms with E-state index in [1.807, 2.05) is 0 Å². The second-order valence-electron chi connectivity index (χ2n) is 4.73. The molecule has 0 radical (unpaired) electrons. The first-order chi connectivity index (χ1) is 8.07. The molecule has 0 amide bonds. The monoisotopic (exact) mass is 257 g/mol.